The minimum absolute atomic E-state index is 0.0107. The maximum Gasteiger partial charge on any atom is 0.302 e. The van der Waals surface area contributed by atoms with Crippen LogP contribution in [0.4, 0.5) is 0 Å². The average Bonchev–Trinajstić information content (AvgIpc) is 3.16. The number of nitrogens with zero attached hydrogens (tertiary/aromatic N) is 1. The van der Waals surface area contributed by atoms with Gasteiger partial charge in [0.05, 0.1) is 11.5 Å². The van der Waals surface area contributed by atoms with Crippen molar-refractivity contribution >= 4 is 5.97 Å². The summed E-state index contributed by atoms with van der Waals surface area (Å²) in [4.78, 5) is 11.9. The molecule has 0 N–H and O–H groups in total. The first-order chi connectivity index (χ1) is 16.3. The van der Waals surface area contributed by atoms with E-state index in [4.69, 9.17) is 4.74 Å². The van der Waals surface area contributed by atoms with Gasteiger partial charge in [0.15, 0.2) is 0 Å². The van der Waals surface area contributed by atoms with Crippen molar-refractivity contribution < 1.29 is 9.53 Å². The Hall–Kier alpha value is -1.30. The van der Waals surface area contributed by atoms with Crippen LogP contribution < -0.4 is 0 Å². The zero-order valence-corrected chi connectivity index (χ0v) is 23.5. The van der Waals surface area contributed by atoms with E-state index in [0.717, 1.165) is 25.7 Å². The molecule has 0 aliphatic heterocycles. The molecule has 5 saturated carbocycles. The number of carbonyl (C=O) groups excluding carboxylic acids is 1. The summed E-state index contributed by atoms with van der Waals surface area (Å²) in [5.74, 6) is 2.79. The van der Waals surface area contributed by atoms with E-state index in [1.54, 1.807) is 6.92 Å². The van der Waals surface area contributed by atoms with Gasteiger partial charge >= 0.3 is 5.97 Å². The minimum Gasteiger partial charge on any atom is -0.462 e. The van der Waals surface area contributed by atoms with E-state index in [1.165, 1.54) is 44.1 Å². The van der Waals surface area contributed by atoms with E-state index in [-0.39, 0.29) is 33.7 Å². The van der Waals surface area contributed by atoms with Crippen molar-refractivity contribution in [3.63, 3.8) is 0 Å². The molecule has 0 unspecified atom stereocenters. The molecular weight excluding hydrogens is 430 g/mol. The molecule has 3 nitrogen and oxygen atoms in total. The summed E-state index contributed by atoms with van der Waals surface area (Å²) in [7, 11) is 0. The van der Waals surface area contributed by atoms with Gasteiger partial charge in [-0.25, -0.2) is 0 Å². The molecule has 5 rings (SSSR count). The smallest absolute Gasteiger partial charge is 0.302 e. The second-order valence-electron chi connectivity index (χ2n) is 14.9. The Morgan fingerprint density at radius 2 is 1.57 bits per heavy atom. The zero-order valence-electron chi connectivity index (χ0n) is 23.5. The van der Waals surface area contributed by atoms with Gasteiger partial charge in [-0.05, 0) is 117 Å². The fourth-order valence-electron chi connectivity index (χ4n) is 11.7. The topological polar surface area (TPSA) is 50.1 Å². The van der Waals surface area contributed by atoms with Gasteiger partial charge in [0.2, 0.25) is 0 Å². The highest BCUT2D eigenvalue weighted by atomic mass is 16.5. The second-order valence-corrected chi connectivity index (χ2v) is 14.9. The molecule has 0 bridgehead atoms. The van der Waals surface area contributed by atoms with E-state index < -0.39 is 0 Å². The molecular formula is C32H49NO2. The van der Waals surface area contributed by atoms with Crippen molar-refractivity contribution in [3.05, 3.63) is 12.2 Å². The van der Waals surface area contributed by atoms with Crippen LogP contribution in [0.15, 0.2) is 12.2 Å². The third-order valence-electron chi connectivity index (χ3n) is 13.5. The molecule has 3 heteroatoms. The third-order valence-corrected chi connectivity index (χ3v) is 13.5. The van der Waals surface area contributed by atoms with Crippen molar-refractivity contribution in [2.45, 2.75) is 119 Å². The van der Waals surface area contributed by atoms with Gasteiger partial charge in [-0.3, -0.25) is 4.79 Å². The lowest BCUT2D eigenvalue weighted by molar-refractivity contribution is -0.247. The van der Waals surface area contributed by atoms with E-state index in [0.29, 0.717) is 35.0 Å². The fourth-order valence-corrected chi connectivity index (χ4v) is 11.7. The van der Waals surface area contributed by atoms with Crippen molar-refractivity contribution in [3.8, 4) is 6.07 Å². The number of esters is 1. The van der Waals surface area contributed by atoms with Crippen LogP contribution in [-0.4, -0.2) is 12.1 Å². The largest absolute Gasteiger partial charge is 0.462 e. The first-order valence-corrected chi connectivity index (χ1v) is 14.5. The maximum absolute atomic E-state index is 11.9. The Morgan fingerprint density at radius 3 is 2.20 bits per heavy atom. The van der Waals surface area contributed by atoms with Gasteiger partial charge in [-0.2, -0.15) is 5.26 Å². The number of hydrogen-bond acceptors (Lipinski definition) is 3. The number of carbonyl (C=O) groups is 1. The molecule has 10 atom stereocenters. The quantitative estimate of drug-likeness (QED) is 0.297. The van der Waals surface area contributed by atoms with Crippen LogP contribution in [0.2, 0.25) is 0 Å². The van der Waals surface area contributed by atoms with Gasteiger partial charge in [0.1, 0.15) is 6.10 Å². The second kappa shape index (κ2) is 7.85. The predicted molar refractivity (Wildman–Crippen MR) is 140 cm³/mol. The van der Waals surface area contributed by atoms with Crippen molar-refractivity contribution in [1.29, 1.82) is 5.26 Å². The number of hydrogen-bond donors (Lipinski definition) is 0. The maximum atomic E-state index is 11.9. The zero-order chi connectivity index (χ0) is 25.6. The van der Waals surface area contributed by atoms with Crippen LogP contribution in [0.25, 0.3) is 0 Å². The van der Waals surface area contributed by atoms with Gasteiger partial charge < -0.3 is 4.74 Å². The van der Waals surface area contributed by atoms with Crippen molar-refractivity contribution in [1.82, 2.24) is 0 Å². The first-order valence-electron chi connectivity index (χ1n) is 14.5. The summed E-state index contributed by atoms with van der Waals surface area (Å²) < 4.78 is 5.89. The molecule has 0 aromatic carbocycles. The Morgan fingerprint density at radius 1 is 0.857 bits per heavy atom. The average molecular weight is 480 g/mol. The summed E-state index contributed by atoms with van der Waals surface area (Å²) in [5, 5.41) is 10.4. The van der Waals surface area contributed by atoms with E-state index in [1.807, 2.05) is 0 Å². The summed E-state index contributed by atoms with van der Waals surface area (Å²) >= 11 is 0. The molecule has 0 amide bonds. The molecule has 194 valence electrons. The van der Waals surface area contributed by atoms with E-state index in [2.05, 4.69) is 54.2 Å². The van der Waals surface area contributed by atoms with Crippen LogP contribution in [-0.2, 0) is 9.53 Å². The molecule has 0 saturated heterocycles. The highest BCUT2D eigenvalue weighted by molar-refractivity contribution is 5.66. The van der Waals surface area contributed by atoms with Crippen LogP contribution >= 0.6 is 0 Å². The fraction of sp³-hybridized carbons (Fsp3) is 0.875. The van der Waals surface area contributed by atoms with Crippen LogP contribution in [0.5, 0.6) is 0 Å². The lowest BCUT2D eigenvalue weighted by Crippen LogP contribution is -2.66. The molecule has 0 spiro atoms. The number of ether oxygens (including phenoxy) is 1. The lowest BCUT2D eigenvalue weighted by atomic mass is 9.32. The molecule has 0 aromatic rings. The molecule has 5 aliphatic rings. The molecule has 35 heavy (non-hydrogen) atoms. The normalized spacial score (nSPS) is 52.2. The highest BCUT2D eigenvalue weighted by Crippen LogP contribution is 2.77. The van der Waals surface area contributed by atoms with Crippen LogP contribution in [0.1, 0.15) is 113 Å². The number of rotatable bonds is 2. The predicted octanol–water partition coefficient (Wildman–Crippen LogP) is 8.10. The Balaban J connectivity index is 1.51. The third kappa shape index (κ3) is 3.16. The minimum atomic E-state index is -0.132. The number of fused-ring (bicyclic) bond motifs is 7. The van der Waals surface area contributed by atoms with Crippen LogP contribution in [0.3, 0.4) is 0 Å². The first kappa shape index (κ1) is 25.4. The molecule has 0 radical (unpaired) electrons. The number of allylic oxidation sites excluding steroid dienone is 1. The summed E-state index contributed by atoms with van der Waals surface area (Å²) in [5.41, 5.74) is 2.07. The van der Waals surface area contributed by atoms with Gasteiger partial charge in [-0.15, -0.1) is 0 Å². The Labute approximate surface area is 214 Å². The van der Waals surface area contributed by atoms with Gasteiger partial charge in [0.25, 0.3) is 0 Å². The SMILES string of the molecule is C=C(C)[C@@H]1CC[C@]2(C#N)CC[C@]3(C)[C@H](CC[C@@H]4[C@@]5(C)CC[C@H](OC(C)=O)C(C)(C)[C@@H]5CC[C@]43C)[C@@H]12. The monoisotopic (exact) mass is 479 g/mol. The molecule has 5 aliphatic carbocycles. The molecule has 5 fully saturated rings. The van der Waals surface area contributed by atoms with Crippen LogP contribution in [0, 0.1) is 68.0 Å². The summed E-state index contributed by atoms with van der Waals surface area (Å²) in [6, 6.07) is 2.90. The summed E-state index contributed by atoms with van der Waals surface area (Å²) in [6.07, 6.45) is 11.8. The number of nitriles is 1. The van der Waals surface area contributed by atoms with E-state index >= 15 is 0 Å². The highest BCUT2D eigenvalue weighted by Gasteiger charge is 2.71. The molecule has 0 aromatic heterocycles. The van der Waals surface area contributed by atoms with E-state index in [9.17, 15) is 10.1 Å². The van der Waals surface area contributed by atoms with Gasteiger partial charge in [0, 0.05) is 12.3 Å². The standard InChI is InChI=1S/C32H49NO2/c1-20(2)22-11-16-32(19-33)18-17-30(7)23(27(22)32)9-10-25-29(6)14-13-26(35-21(3)34)28(4,5)24(29)12-15-31(25,30)8/h22-27H,1,9-18H2,2-8H3/t22-,23+,24-,25+,26-,27+,29-,30+,31+,32+/m0/s1. The van der Waals surface area contributed by atoms with Crippen molar-refractivity contribution in [2.24, 2.45) is 56.7 Å². The van der Waals surface area contributed by atoms with Crippen molar-refractivity contribution in [2.75, 3.05) is 0 Å². The lowest BCUT2D eigenvalue weighted by Gasteiger charge is -2.72. The summed E-state index contributed by atoms with van der Waals surface area (Å²) in [6.45, 7) is 20.8. The Kier molecular flexibility index (Phi) is 5.69. The van der Waals surface area contributed by atoms with Gasteiger partial charge in [-0.1, -0.05) is 46.8 Å². The Bertz CT molecular complexity index is 961. The molecule has 0 heterocycles.